The predicted molar refractivity (Wildman–Crippen MR) is 127 cm³/mol. The van der Waals surface area contributed by atoms with E-state index in [2.05, 4.69) is 46.4 Å². The Kier molecular flexibility index (Phi) is 8.09. The first-order valence-electron chi connectivity index (χ1n) is 11.8. The van der Waals surface area contributed by atoms with Crippen molar-refractivity contribution in [1.82, 2.24) is 29.5 Å². The van der Waals surface area contributed by atoms with Crippen LogP contribution in [0.5, 0.6) is 11.5 Å². The molecule has 6 rings (SSSR count). The maximum absolute atomic E-state index is 14.1. The van der Waals surface area contributed by atoms with E-state index < -0.39 is 17.2 Å². The van der Waals surface area contributed by atoms with Crippen LogP contribution in [0.25, 0.3) is 0 Å². The van der Waals surface area contributed by atoms with Crippen LogP contribution < -0.4 is 26.5 Å². The Bertz CT molecular complexity index is 1330. The molecule has 2 aromatic heterocycles. The fraction of sp³-hybridized carbons (Fsp3) is 0.360. The summed E-state index contributed by atoms with van der Waals surface area (Å²) in [7, 11) is 4.54. The summed E-state index contributed by atoms with van der Waals surface area (Å²) >= 11 is 0. The Morgan fingerprint density at radius 1 is 0.947 bits per heavy atom. The Morgan fingerprint density at radius 3 is 2.11 bits per heavy atom. The van der Waals surface area contributed by atoms with E-state index in [-0.39, 0.29) is 35.6 Å². The molecule has 0 amide bonds. The molecule has 2 aliphatic rings. The van der Waals surface area contributed by atoms with Gasteiger partial charge in [0.05, 0.1) is 33.7 Å². The highest BCUT2D eigenvalue weighted by molar-refractivity contribution is 5.49. The number of rotatable bonds is 5. The lowest BCUT2D eigenvalue weighted by atomic mass is 9.93. The average Bonchev–Trinajstić information content (AvgIpc) is 3.61. The van der Waals surface area contributed by atoms with Gasteiger partial charge < -0.3 is 36.0 Å². The lowest BCUT2D eigenvalue weighted by Crippen LogP contribution is -3.00. The van der Waals surface area contributed by atoms with Crippen LogP contribution in [-0.2, 0) is 31.7 Å². The minimum absolute atomic E-state index is 0. The number of likely N-dealkylation sites (N-methyl/N-ethyl adjacent to an activating group) is 1. The van der Waals surface area contributed by atoms with Crippen molar-refractivity contribution >= 4 is 0 Å². The van der Waals surface area contributed by atoms with Gasteiger partial charge in [0, 0.05) is 23.6 Å². The van der Waals surface area contributed by atoms with Crippen molar-refractivity contribution in [3.05, 3.63) is 84.0 Å². The first-order valence-corrected chi connectivity index (χ1v) is 11.8. The number of nitrogens with zero attached hydrogens (tertiary/aromatic N) is 7. The summed E-state index contributed by atoms with van der Waals surface area (Å²) < 4.78 is 41.8. The van der Waals surface area contributed by atoms with Gasteiger partial charge in [-0.3, -0.25) is 0 Å². The molecule has 0 atom stereocenters. The number of benzene rings is 2. The van der Waals surface area contributed by atoms with E-state index in [0.717, 1.165) is 41.1 Å². The molecule has 10 nitrogen and oxygen atoms in total. The normalized spacial score (nSPS) is 15.2. The van der Waals surface area contributed by atoms with Gasteiger partial charge in [0.1, 0.15) is 49.1 Å². The van der Waals surface area contributed by atoms with Crippen LogP contribution in [0.15, 0.2) is 55.6 Å². The molecule has 0 aliphatic carbocycles. The number of fused-ring (bicyclic) bond motifs is 2. The molecule has 0 saturated heterocycles. The lowest BCUT2D eigenvalue weighted by molar-refractivity contribution is -0.905. The number of ether oxygens (including phenoxy) is 2. The molecule has 38 heavy (non-hydrogen) atoms. The van der Waals surface area contributed by atoms with Gasteiger partial charge in [-0.1, -0.05) is 6.07 Å². The van der Waals surface area contributed by atoms with Crippen LogP contribution in [-0.4, -0.2) is 66.6 Å². The van der Waals surface area contributed by atoms with Gasteiger partial charge in [-0.15, -0.1) is 0 Å². The zero-order chi connectivity index (χ0) is 26.0. The van der Waals surface area contributed by atoms with E-state index in [1.54, 1.807) is 0 Å². The quantitative estimate of drug-likeness (QED) is 0.306. The van der Waals surface area contributed by atoms with Gasteiger partial charge in [0.25, 0.3) is 0 Å². The Morgan fingerprint density at radius 2 is 1.55 bits per heavy atom. The summed E-state index contributed by atoms with van der Waals surface area (Å²) in [6.45, 7) is 2.51. The molecule has 4 aromatic rings. The summed E-state index contributed by atoms with van der Waals surface area (Å²) in [6, 6.07) is 7.32. The van der Waals surface area contributed by atoms with E-state index in [1.807, 2.05) is 0 Å². The van der Waals surface area contributed by atoms with E-state index in [1.165, 1.54) is 58.4 Å². The van der Waals surface area contributed by atoms with Crippen molar-refractivity contribution in [3.8, 4) is 11.5 Å². The van der Waals surface area contributed by atoms with Crippen molar-refractivity contribution in [2.75, 3.05) is 27.4 Å². The molecule has 4 heterocycles. The number of hydrogen-bond donors (Lipinski definition) is 1. The highest BCUT2D eigenvalue weighted by Gasteiger charge is 2.34. The highest BCUT2D eigenvalue weighted by atomic mass is 79.9. The largest absolute Gasteiger partial charge is 1.00 e. The number of aliphatic hydroxyl groups is 1. The molecule has 0 radical (unpaired) electrons. The molecule has 0 unspecified atom stereocenters. The second-order valence-corrected chi connectivity index (χ2v) is 9.88. The standard InChI is InChI=1S/C13H12F2N6O.C12H16NO2.BrH/c14-10-1-2-11(12(15)3-10)13(22,4-20-8-16-6-18-20)5-21-9-17-7-19-21;1-13(2)4-3-9-5-11-12(15-8-14-11)6-10(9)7-13;/h1-3,6-9,22H,4-5H2;5-6H,3-4,7-8H2,1-2H3;1H/q;+1;/p-1. The van der Waals surface area contributed by atoms with Crippen molar-refractivity contribution in [1.29, 1.82) is 0 Å². The van der Waals surface area contributed by atoms with Gasteiger partial charge in [-0.25, -0.2) is 28.1 Å². The predicted octanol–water partition coefficient (Wildman–Crippen LogP) is -0.712. The minimum Gasteiger partial charge on any atom is -1.00 e. The van der Waals surface area contributed by atoms with Crippen LogP contribution in [0.2, 0.25) is 0 Å². The zero-order valence-corrected chi connectivity index (χ0v) is 22.6. The molecule has 0 bridgehead atoms. The Labute approximate surface area is 228 Å². The van der Waals surface area contributed by atoms with Gasteiger partial charge >= 0.3 is 0 Å². The number of halogens is 3. The van der Waals surface area contributed by atoms with Gasteiger partial charge in [0.2, 0.25) is 6.79 Å². The number of aromatic nitrogens is 6. The van der Waals surface area contributed by atoms with E-state index in [4.69, 9.17) is 9.47 Å². The molecule has 0 saturated carbocycles. The SMILES string of the molecule is C[N+]1(C)CCc2cc3c(cc2C1)OCO3.OC(Cn1cncn1)(Cn1cncn1)c1ccc(F)cc1F.[Br-]. The molecule has 0 spiro atoms. The van der Waals surface area contributed by atoms with Crippen LogP contribution in [0.1, 0.15) is 16.7 Å². The highest BCUT2D eigenvalue weighted by Crippen LogP contribution is 2.37. The molecule has 1 N–H and O–H groups in total. The monoisotopic (exact) mass is 591 g/mol. The van der Waals surface area contributed by atoms with Crippen LogP contribution in [0.4, 0.5) is 8.78 Å². The third-order valence-electron chi connectivity index (χ3n) is 6.49. The third kappa shape index (κ3) is 6.17. The molecular weight excluding hydrogens is 564 g/mol. The van der Waals surface area contributed by atoms with Crippen molar-refractivity contribution in [2.24, 2.45) is 0 Å². The maximum atomic E-state index is 14.1. The fourth-order valence-electron chi connectivity index (χ4n) is 4.62. The number of quaternary nitrogens is 1. The Hall–Kier alpha value is -3.42. The first-order chi connectivity index (χ1) is 17.7. The first kappa shape index (κ1) is 27.6. The lowest BCUT2D eigenvalue weighted by Gasteiger charge is -2.34. The topological polar surface area (TPSA) is 100 Å². The summed E-state index contributed by atoms with van der Waals surface area (Å²) in [5.74, 6) is 0.268. The molecule has 2 aromatic carbocycles. The van der Waals surface area contributed by atoms with E-state index >= 15 is 0 Å². The molecule has 13 heteroatoms. The molecule has 2 aliphatic heterocycles. The van der Waals surface area contributed by atoms with E-state index in [9.17, 15) is 13.9 Å². The smallest absolute Gasteiger partial charge is 0.231 e. The summed E-state index contributed by atoms with van der Waals surface area (Å²) in [4.78, 5) is 7.57. The fourth-order valence-corrected chi connectivity index (χ4v) is 4.62. The zero-order valence-electron chi connectivity index (χ0n) is 21.0. The van der Waals surface area contributed by atoms with Crippen LogP contribution in [0, 0.1) is 11.6 Å². The van der Waals surface area contributed by atoms with Gasteiger partial charge in [-0.2, -0.15) is 10.2 Å². The molecular formula is C25H28BrF2N7O3. The van der Waals surface area contributed by atoms with Crippen molar-refractivity contribution in [3.63, 3.8) is 0 Å². The maximum Gasteiger partial charge on any atom is 0.231 e. The second-order valence-electron chi connectivity index (χ2n) is 9.88. The average molecular weight is 592 g/mol. The minimum atomic E-state index is -1.70. The van der Waals surface area contributed by atoms with Crippen LogP contribution in [0.3, 0.4) is 0 Å². The molecule has 0 fully saturated rings. The van der Waals surface area contributed by atoms with Crippen LogP contribution >= 0.6 is 0 Å². The summed E-state index contributed by atoms with van der Waals surface area (Å²) in [6.07, 6.45) is 6.54. The van der Waals surface area contributed by atoms with Crippen molar-refractivity contribution < 1.29 is 44.8 Å². The Balaban J connectivity index is 0.000000184. The van der Waals surface area contributed by atoms with Crippen molar-refractivity contribution in [2.45, 2.75) is 31.7 Å². The summed E-state index contributed by atoms with van der Waals surface area (Å²) in [5.41, 5.74) is 1.09. The summed E-state index contributed by atoms with van der Waals surface area (Å²) in [5, 5.41) is 18.8. The number of hydrogen-bond acceptors (Lipinski definition) is 7. The third-order valence-corrected chi connectivity index (χ3v) is 6.49. The van der Waals surface area contributed by atoms with Gasteiger partial charge in [-0.05, 0) is 23.8 Å². The second kappa shape index (κ2) is 11.1. The van der Waals surface area contributed by atoms with Gasteiger partial charge in [0.15, 0.2) is 11.5 Å². The molecule has 202 valence electrons. The van der Waals surface area contributed by atoms with E-state index in [0.29, 0.717) is 6.79 Å².